The molecule has 1 aromatic carbocycles. The van der Waals surface area contributed by atoms with Gasteiger partial charge in [-0.15, -0.1) is 0 Å². The summed E-state index contributed by atoms with van der Waals surface area (Å²) in [5.41, 5.74) is 0.241. The van der Waals surface area contributed by atoms with E-state index in [1.54, 1.807) is 12.1 Å². The van der Waals surface area contributed by atoms with E-state index in [0.29, 0.717) is 29.3 Å². The number of sulfonamides is 1. The molecule has 10 heteroatoms. The third kappa shape index (κ3) is 4.63. The summed E-state index contributed by atoms with van der Waals surface area (Å²) in [5, 5.41) is 4.96. The van der Waals surface area contributed by atoms with Gasteiger partial charge in [-0.3, -0.25) is 9.48 Å². The van der Waals surface area contributed by atoms with Crippen LogP contribution in [0.15, 0.2) is 35.5 Å². The van der Waals surface area contributed by atoms with Gasteiger partial charge in [0.05, 0.1) is 13.3 Å². The first kappa shape index (κ1) is 20.1. The fourth-order valence-corrected chi connectivity index (χ4v) is 4.94. The molecule has 0 bridgehead atoms. The molecule has 1 saturated carbocycles. The second kappa shape index (κ2) is 7.79. The lowest BCUT2D eigenvalue weighted by Gasteiger charge is -2.42. The van der Waals surface area contributed by atoms with Gasteiger partial charge in [0.1, 0.15) is 11.4 Å². The summed E-state index contributed by atoms with van der Waals surface area (Å²) in [5.74, 6) is -0.511. The lowest BCUT2D eigenvalue weighted by Crippen LogP contribution is -2.54. The van der Waals surface area contributed by atoms with Crippen molar-refractivity contribution in [2.45, 2.75) is 42.7 Å². The van der Waals surface area contributed by atoms with Crippen molar-refractivity contribution in [3.63, 3.8) is 0 Å². The molecule has 1 aliphatic carbocycles. The van der Waals surface area contributed by atoms with Crippen LogP contribution in [0.25, 0.3) is 0 Å². The second-order valence-electron chi connectivity index (χ2n) is 6.60. The molecular weight excluding hydrogens is 413 g/mol. The normalized spacial score (nSPS) is 16.0. The van der Waals surface area contributed by atoms with E-state index in [-0.39, 0.29) is 11.4 Å². The highest BCUT2D eigenvalue weighted by Crippen LogP contribution is 2.38. The first-order valence-electron chi connectivity index (χ1n) is 8.30. The number of carbonyl (C=O) groups excluding carboxylic acids is 1. The molecule has 7 nitrogen and oxygen atoms in total. The monoisotopic (exact) mass is 431 g/mol. The highest BCUT2D eigenvalue weighted by molar-refractivity contribution is 7.89. The Morgan fingerprint density at radius 1 is 1.37 bits per heavy atom. The SMILES string of the molecule is COC(=O)Cn1cc(S(=O)(=O)NC2(Cc3ccc(Cl)cc3Cl)CCC2)cn1. The zero-order chi connectivity index (χ0) is 19.7. The van der Waals surface area contributed by atoms with Gasteiger partial charge < -0.3 is 4.74 Å². The van der Waals surface area contributed by atoms with E-state index in [0.717, 1.165) is 12.0 Å². The Morgan fingerprint density at radius 2 is 2.11 bits per heavy atom. The maximum Gasteiger partial charge on any atom is 0.327 e. The van der Waals surface area contributed by atoms with E-state index in [9.17, 15) is 13.2 Å². The van der Waals surface area contributed by atoms with E-state index in [1.807, 2.05) is 6.07 Å². The molecule has 146 valence electrons. The molecule has 0 spiro atoms. The van der Waals surface area contributed by atoms with Gasteiger partial charge in [-0.05, 0) is 43.4 Å². The number of aromatic nitrogens is 2. The van der Waals surface area contributed by atoms with Crippen molar-refractivity contribution in [3.8, 4) is 0 Å². The highest BCUT2D eigenvalue weighted by atomic mass is 35.5. The van der Waals surface area contributed by atoms with Crippen molar-refractivity contribution in [3.05, 3.63) is 46.2 Å². The van der Waals surface area contributed by atoms with Gasteiger partial charge in [0.15, 0.2) is 0 Å². The van der Waals surface area contributed by atoms with Gasteiger partial charge in [0.2, 0.25) is 10.0 Å². The summed E-state index contributed by atoms with van der Waals surface area (Å²) in [7, 11) is -2.54. The first-order valence-corrected chi connectivity index (χ1v) is 10.5. The fraction of sp³-hybridized carbons (Fsp3) is 0.412. The Bertz CT molecular complexity index is 955. The van der Waals surface area contributed by atoms with Crippen molar-refractivity contribution in [1.29, 1.82) is 0 Å². The number of ether oxygens (including phenoxy) is 1. The van der Waals surface area contributed by atoms with Crippen molar-refractivity contribution in [1.82, 2.24) is 14.5 Å². The van der Waals surface area contributed by atoms with E-state index in [1.165, 1.54) is 24.2 Å². The molecule has 1 heterocycles. The lowest BCUT2D eigenvalue weighted by molar-refractivity contribution is -0.141. The summed E-state index contributed by atoms with van der Waals surface area (Å²) in [6.45, 7) is -0.155. The van der Waals surface area contributed by atoms with Gasteiger partial charge in [-0.1, -0.05) is 29.3 Å². The third-order valence-corrected chi connectivity index (χ3v) is 6.76. The number of halogens is 2. The largest absolute Gasteiger partial charge is 0.468 e. The van der Waals surface area contributed by atoms with Crippen LogP contribution in [0.2, 0.25) is 10.0 Å². The van der Waals surface area contributed by atoms with Crippen LogP contribution in [0.1, 0.15) is 24.8 Å². The third-order valence-electron chi connectivity index (χ3n) is 4.64. The maximum atomic E-state index is 12.8. The molecule has 0 unspecified atom stereocenters. The smallest absolute Gasteiger partial charge is 0.327 e. The Kier molecular flexibility index (Phi) is 5.81. The van der Waals surface area contributed by atoms with Gasteiger partial charge in [-0.25, -0.2) is 13.1 Å². The molecule has 1 aromatic heterocycles. The Hall–Kier alpha value is -1.61. The molecule has 3 rings (SSSR count). The predicted molar refractivity (Wildman–Crippen MR) is 101 cm³/mol. The van der Waals surface area contributed by atoms with Crippen molar-refractivity contribution in [2.24, 2.45) is 0 Å². The number of esters is 1. The second-order valence-corrected chi connectivity index (χ2v) is 9.13. The van der Waals surface area contributed by atoms with Crippen LogP contribution < -0.4 is 4.72 Å². The van der Waals surface area contributed by atoms with Crippen LogP contribution in [0, 0.1) is 0 Å². The number of hydrogen-bond acceptors (Lipinski definition) is 5. The molecule has 0 atom stereocenters. The molecule has 27 heavy (non-hydrogen) atoms. The topological polar surface area (TPSA) is 90.3 Å². The number of benzene rings is 1. The number of nitrogens with one attached hydrogen (secondary N) is 1. The summed E-state index contributed by atoms with van der Waals surface area (Å²) < 4.78 is 34.2. The standard InChI is InChI=1S/C17H19Cl2N3O4S/c1-26-16(23)11-22-10-14(9-20-22)27(24,25)21-17(5-2-6-17)8-12-3-4-13(18)7-15(12)19/h3-4,7,9-10,21H,2,5-6,8,11H2,1H3. The molecule has 1 fully saturated rings. The quantitative estimate of drug-likeness (QED) is 0.680. The molecule has 1 N–H and O–H groups in total. The molecule has 0 amide bonds. The van der Waals surface area contributed by atoms with E-state index >= 15 is 0 Å². The average Bonchev–Trinajstić information content (AvgIpc) is 3.04. The van der Waals surface area contributed by atoms with Gasteiger partial charge in [0, 0.05) is 21.8 Å². The molecule has 2 aromatic rings. The Labute approximate surface area is 167 Å². The minimum atomic E-state index is -3.80. The zero-order valence-electron chi connectivity index (χ0n) is 14.6. The van der Waals surface area contributed by atoms with Crippen LogP contribution in [0.3, 0.4) is 0 Å². The predicted octanol–water partition coefficient (Wildman–Crippen LogP) is 2.81. The summed E-state index contributed by atoms with van der Waals surface area (Å²) in [4.78, 5) is 11.3. The van der Waals surface area contributed by atoms with Crippen LogP contribution in [-0.2, 0) is 32.5 Å². The summed E-state index contributed by atoms with van der Waals surface area (Å²) in [6, 6.07) is 5.20. The summed E-state index contributed by atoms with van der Waals surface area (Å²) >= 11 is 12.2. The number of hydrogen-bond donors (Lipinski definition) is 1. The lowest BCUT2D eigenvalue weighted by atomic mass is 9.74. The van der Waals surface area contributed by atoms with Crippen molar-refractivity contribution in [2.75, 3.05) is 7.11 Å². The minimum Gasteiger partial charge on any atom is -0.468 e. The van der Waals surface area contributed by atoms with Crippen LogP contribution in [0.5, 0.6) is 0 Å². The van der Waals surface area contributed by atoms with Gasteiger partial charge in [0.25, 0.3) is 0 Å². The average molecular weight is 432 g/mol. The van der Waals surface area contributed by atoms with Crippen LogP contribution in [-0.4, -0.2) is 36.8 Å². The van der Waals surface area contributed by atoms with Crippen molar-refractivity contribution >= 4 is 39.2 Å². The molecule has 0 radical (unpaired) electrons. The van der Waals surface area contributed by atoms with Crippen LogP contribution in [0.4, 0.5) is 0 Å². The molecular formula is C17H19Cl2N3O4S. The number of rotatable bonds is 7. The Balaban J connectivity index is 1.77. The minimum absolute atomic E-state index is 0.000110. The Morgan fingerprint density at radius 3 is 2.70 bits per heavy atom. The molecule has 0 aliphatic heterocycles. The maximum absolute atomic E-state index is 12.8. The molecule has 1 aliphatic rings. The number of nitrogens with zero attached hydrogens (tertiary/aromatic N) is 2. The highest BCUT2D eigenvalue weighted by Gasteiger charge is 2.41. The number of methoxy groups -OCH3 is 1. The fourth-order valence-electron chi connectivity index (χ4n) is 3.06. The first-order chi connectivity index (χ1) is 12.7. The molecule has 0 saturated heterocycles. The van der Waals surface area contributed by atoms with Gasteiger partial charge >= 0.3 is 5.97 Å². The summed E-state index contributed by atoms with van der Waals surface area (Å²) in [6.07, 6.45) is 5.34. The number of carbonyl (C=O) groups is 1. The van der Waals surface area contributed by atoms with E-state index in [2.05, 4.69) is 14.6 Å². The van der Waals surface area contributed by atoms with E-state index < -0.39 is 21.5 Å². The van der Waals surface area contributed by atoms with Gasteiger partial charge in [-0.2, -0.15) is 5.10 Å². The van der Waals surface area contributed by atoms with Crippen LogP contribution >= 0.6 is 23.2 Å². The van der Waals surface area contributed by atoms with E-state index in [4.69, 9.17) is 23.2 Å². The zero-order valence-corrected chi connectivity index (χ0v) is 16.9. The van der Waals surface area contributed by atoms with Crippen molar-refractivity contribution < 1.29 is 17.9 Å².